The number of aromatic nitrogens is 3. The highest BCUT2D eigenvalue weighted by molar-refractivity contribution is 5.90. The predicted octanol–water partition coefficient (Wildman–Crippen LogP) is 3.02. The van der Waals surface area contributed by atoms with Gasteiger partial charge in [-0.1, -0.05) is 0 Å². The molecule has 0 radical (unpaired) electrons. The molecule has 1 aromatic carbocycles. The zero-order valence-corrected chi connectivity index (χ0v) is 13.5. The molecule has 0 spiro atoms. The van der Waals surface area contributed by atoms with E-state index in [2.05, 4.69) is 20.8 Å². The lowest BCUT2D eigenvalue weighted by atomic mass is 9.94. The molecule has 0 bridgehead atoms. The van der Waals surface area contributed by atoms with Gasteiger partial charge in [-0.15, -0.1) is 0 Å². The van der Waals surface area contributed by atoms with Crippen molar-refractivity contribution in [3.63, 3.8) is 0 Å². The second kappa shape index (κ2) is 6.43. The summed E-state index contributed by atoms with van der Waals surface area (Å²) in [5, 5.41) is 12.5. The van der Waals surface area contributed by atoms with Gasteiger partial charge in [-0.25, -0.2) is 9.18 Å². The number of halogens is 1. The summed E-state index contributed by atoms with van der Waals surface area (Å²) >= 11 is 0. The van der Waals surface area contributed by atoms with Crippen molar-refractivity contribution < 1.29 is 9.18 Å². The van der Waals surface area contributed by atoms with Crippen LogP contribution in [0.2, 0.25) is 0 Å². The Morgan fingerprint density at radius 2 is 2.16 bits per heavy atom. The molecule has 2 heterocycles. The lowest BCUT2D eigenvalue weighted by Gasteiger charge is -2.23. The van der Waals surface area contributed by atoms with E-state index in [4.69, 9.17) is 0 Å². The van der Waals surface area contributed by atoms with Crippen LogP contribution in [-0.2, 0) is 12.8 Å². The van der Waals surface area contributed by atoms with E-state index in [1.807, 2.05) is 29.1 Å². The van der Waals surface area contributed by atoms with E-state index >= 15 is 0 Å². The Balaban J connectivity index is 1.43. The lowest BCUT2D eigenvalue weighted by Crippen LogP contribution is -2.41. The van der Waals surface area contributed by atoms with Crippen LogP contribution in [0.4, 0.5) is 14.9 Å². The molecule has 2 aromatic heterocycles. The summed E-state index contributed by atoms with van der Waals surface area (Å²) in [7, 11) is 0. The number of aromatic amines is 1. The van der Waals surface area contributed by atoms with E-state index in [1.165, 1.54) is 6.07 Å². The molecule has 7 heteroatoms. The van der Waals surface area contributed by atoms with Gasteiger partial charge in [0.25, 0.3) is 0 Å². The maximum Gasteiger partial charge on any atom is 0.319 e. The second-order valence-corrected chi connectivity index (χ2v) is 6.17. The quantitative estimate of drug-likeness (QED) is 0.686. The molecule has 128 valence electrons. The topological polar surface area (TPSA) is 74.7 Å². The minimum atomic E-state index is -0.466. The largest absolute Gasteiger partial charge is 0.335 e. The Bertz CT molecular complexity index is 887. The van der Waals surface area contributed by atoms with Gasteiger partial charge in [0.2, 0.25) is 0 Å². The first-order chi connectivity index (χ1) is 12.2. The molecule has 1 atom stereocenters. The van der Waals surface area contributed by atoms with E-state index in [0.717, 1.165) is 36.2 Å². The zero-order chi connectivity index (χ0) is 17.2. The number of H-pyrrole nitrogens is 1. The third-order valence-corrected chi connectivity index (χ3v) is 4.45. The van der Waals surface area contributed by atoms with Gasteiger partial charge in [0.05, 0.1) is 11.9 Å². The molecule has 6 nitrogen and oxygen atoms in total. The van der Waals surface area contributed by atoms with Crippen molar-refractivity contribution in [2.24, 2.45) is 0 Å². The molecular formula is C18H18FN5O. The number of anilines is 1. The van der Waals surface area contributed by atoms with Crippen LogP contribution < -0.4 is 10.6 Å². The number of hydrogen-bond donors (Lipinski definition) is 3. The van der Waals surface area contributed by atoms with Crippen LogP contribution in [0, 0.1) is 5.82 Å². The van der Waals surface area contributed by atoms with Crippen molar-refractivity contribution in [1.82, 2.24) is 20.1 Å². The number of nitrogens with zero attached hydrogens (tertiary/aromatic N) is 2. The monoisotopic (exact) mass is 339 g/mol. The fraction of sp³-hybridized carbons (Fsp3) is 0.222. The number of urea groups is 1. The average Bonchev–Trinajstić information content (AvgIpc) is 3.27. The van der Waals surface area contributed by atoms with Crippen molar-refractivity contribution in [2.75, 3.05) is 5.32 Å². The Morgan fingerprint density at radius 1 is 1.32 bits per heavy atom. The zero-order valence-electron chi connectivity index (χ0n) is 13.5. The van der Waals surface area contributed by atoms with Gasteiger partial charge in [0, 0.05) is 29.8 Å². The third-order valence-electron chi connectivity index (χ3n) is 4.45. The van der Waals surface area contributed by atoms with Crippen LogP contribution in [0.25, 0.3) is 5.69 Å². The number of hydrogen-bond acceptors (Lipinski definition) is 2. The highest BCUT2D eigenvalue weighted by Gasteiger charge is 2.21. The highest BCUT2D eigenvalue weighted by Crippen LogP contribution is 2.21. The fourth-order valence-corrected chi connectivity index (χ4v) is 3.16. The summed E-state index contributed by atoms with van der Waals surface area (Å²) in [5.41, 5.74) is 3.19. The minimum Gasteiger partial charge on any atom is -0.335 e. The van der Waals surface area contributed by atoms with E-state index in [1.54, 1.807) is 18.3 Å². The van der Waals surface area contributed by atoms with E-state index < -0.39 is 11.8 Å². The van der Waals surface area contributed by atoms with Crippen LogP contribution in [0.5, 0.6) is 0 Å². The molecular weight excluding hydrogens is 321 g/mol. The molecule has 1 unspecified atom stereocenters. The number of carbonyl (C=O) groups excluding carboxylic acids is 1. The number of rotatable bonds is 3. The number of aryl methyl sites for hydroxylation is 1. The van der Waals surface area contributed by atoms with Crippen molar-refractivity contribution in [2.45, 2.75) is 25.3 Å². The molecule has 4 rings (SSSR count). The van der Waals surface area contributed by atoms with Gasteiger partial charge in [-0.05, 0) is 55.2 Å². The van der Waals surface area contributed by atoms with Crippen LogP contribution in [-0.4, -0.2) is 26.8 Å². The van der Waals surface area contributed by atoms with Gasteiger partial charge in [0.15, 0.2) is 0 Å². The molecule has 1 aliphatic rings. The van der Waals surface area contributed by atoms with Gasteiger partial charge in [0.1, 0.15) is 5.82 Å². The van der Waals surface area contributed by atoms with E-state index in [0.29, 0.717) is 0 Å². The molecule has 0 saturated carbocycles. The first-order valence-corrected chi connectivity index (χ1v) is 8.20. The van der Waals surface area contributed by atoms with Crippen LogP contribution >= 0.6 is 0 Å². The predicted molar refractivity (Wildman–Crippen MR) is 92.3 cm³/mol. The Hall–Kier alpha value is -3.09. The Labute approximate surface area is 144 Å². The second-order valence-electron chi connectivity index (χ2n) is 6.17. The maximum absolute atomic E-state index is 14.0. The summed E-state index contributed by atoms with van der Waals surface area (Å²) in [6.45, 7) is 0. The molecule has 3 N–H and O–H groups in total. The first-order valence-electron chi connectivity index (χ1n) is 8.20. The van der Waals surface area contributed by atoms with Crippen LogP contribution in [0.15, 0.2) is 48.9 Å². The summed E-state index contributed by atoms with van der Waals surface area (Å²) in [5.74, 6) is -0.466. The van der Waals surface area contributed by atoms with Crippen LogP contribution in [0.3, 0.4) is 0 Å². The molecule has 3 aromatic rings. The van der Waals surface area contributed by atoms with Crippen molar-refractivity contribution >= 4 is 11.7 Å². The summed E-state index contributed by atoms with van der Waals surface area (Å²) in [6.07, 6.45) is 7.92. The highest BCUT2D eigenvalue weighted by atomic mass is 19.1. The SMILES string of the molecule is O=C(Nc1cc(-n2cccc2)ccc1F)NC1CCc2[nH]ncc2C1. The maximum atomic E-state index is 14.0. The van der Waals surface area contributed by atoms with E-state index in [-0.39, 0.29) is 11.7 Å². The Kier molecular flexibility index (Phi) is 3.97. The van der Waals surface area contributed by atoms with Gasteiger partial charge in [-0.2, -0.15) is 5.10 Å². The number of benzene rings is 1. The number of fused-ring (bicyclic) bond motifs is 1. The van der Waals surface area contributed by atoms with E-state index in [9.17, 15) is 9.18 Å². The van der Waals surface area contributed by atoms with Crippen molar-refractivity contribution in [1.29, 1.82) is 0 Å². The number of nitrogens with one attached hydrogen (secondary N) is 3. The summed E-state index contributed by atoms with van der Waals surface area (Å²) < 4.78 is 15.9. The van der Waals surface area contributed by atoms with Crippen molar-refractivity contribution in [3.8, 4) is 5.69 Å². The van der Waals surface area contributed by atoms with Gasteiger partial charge >= 0.3 is 6.03 Å². The molecule has 0 saturated heterocycles. The standard InChI is InChI=1S/C18H18FN5O/c19-15-5-4-14(24-7-1-2-8-24)10-17(15)22-18(25)21-13-3-6-16-12(9-13)11-20-23-16/h1-2,4-5,7-8,10-11,13H,3,6,9H2,(H,20,23)(H2,21,22,25). The summed E-state index contributed by atoms with van der Waals surface area (Å²) in [6, 6.07) is 8.02. The third kappa shape index (κ3) is 3.26. The number of amides is 2. The summed E-state index contributed by atoms with van der Waals surface area (Å²) in [4.78, 5) is 12.3. The van der Waals surface area contributed by atoms with Gasteiger partial charge in [-0.3, -0.25) is 5.10 Å². The number of carbonyl (C=O) groups is 1. The smallest absolute Gasteiger partial charge is 0.319 e. The first kappa shape index (κ1) is 15.4. The molecule has 0 aliphatic heterocycles. The average molecular weight is 339 g/mol. The van der Waals surface area contributed by atoms with Crippen molar-refractivity contribution in [3.05, 3.63) is 66.0 Å². The minimum absolute atomic E-state index is 0.0146. The van der Waals surface area contributed by atoms with Crippen LogP contribution in [0.1, 0.15) is 17.7 Å². The Morgan fingerprint density at radius 3 is 3.00 bits per heavy atom. The normalized spacial score (nSPS) is 16.3. The molecule has 2 amide bonds. The van der Waals surface area contributed by atoms with Gasteiger partial charge < -0.3 is 15.2 Å². The molecule has 25 heavy (non-hydrogen) atoms. The fourth-order valence-electron chi connectivity index (χ4n) is 3.16. The molecule has 0 fully saturated rings. The lowest BCUT2D eigenvalue weighted by molar-refractivity contribution is 0.247. The molecule has 1 aliphatic carbocycles.